The summed E-state index contributed by atoms with van der Waals surface area (Å²) >= 11 is 0. The Bertz CT molecular complexity index is 332. The van der Waals surface area contributed by atoms with Crippen LogP contribution in [0.3, 0.4) is 0 Å². The predicted molar refractivity (Wildman–Crippen MR) is 60.1 cm³/mol. The number of nitrogen functional groups attached to an aromatic ring is 1. The van der Waals surface area contributed by atoms with Gasteiger partial charge in [-0.15, -0.1) is 0 Å². The molecule has 0 radical (unpaired) electrons. The minimum atomic E-state index is -0.187. The maximum atomic E-state index is 13.0. The summed E-state index contributed by atoms with van der Waals surface area (Å²) in [7, 11) is 0. The molecule has 0 atom stereocenters. The smallest absolute Gasteiger partial charge is 0.123 e. The van der Waals surface area contributed by atoms with Gasteiger partial charge >= 0.3 is 0 Å². The van der Waals surface area contributed by atoms with Crippen molar-refractivity contribution in [2.75, 3.05) is 18.8 Å². The summed E-state index contributed by atoms with van der Waals surface area (Å²) in [4.78, 5) is 0. The van der Waals surface area contributed by atoms with Crippen LogP contribution in [0, 0.1) is 11.7 Å². The highest BCUT2D eigenvalue weighted by Gasteiger charge is 2.14. The Hall–Kier alpha value is -1.09. The third-order valence-corrected chi connectivity index (χ3v) is 3.07. The zero-order chi connectivity index (χ0) is 10.7. The van der Waals surface area contributed by atoms with Crippen LogP contribution in [0.5, 0.6) is 0 Å². The minimum Gasteiger partial charge on any atom is -0.399 e. The van der Waals surface area contributed by atoms with Gasteiger partial charge in [0.05, 0.1) is 0 Å². The van der Waals surface area contributed by atoms with Gasteiger partial charge < -0.3 is 11.1 Å². The molecule has 2 nitrogen and oxygen atoms in total. The molecule has 0 aliphatic carbocycles. The van der Waals surface area contributed by atoms with E-state index in [0.29, 0.717) is 5.92 Å². The third kappa shape index (κ3) is 2.69. The average molecular weight is 208 g/mol. The standard InChI is InChI=1S/C12H17FN2/c13-11-1-2-12(14)10(8-11)7-9-3-5-15-6-4-9/h1-2,8-9,15H,3-7,14H2. The number of nitrogens with two attached hydrogens (primary N) is 1. The van der Waals surface area contributed by atoms with Gasteiger partial charge in [0.2, 0.25) is 0 Å². The van der Waals surface area contributed by atoms with Crippen molar-refractivity contribution in [1.29, 1.82) is 0 Å². The summed E-state index contributed by atoms with van der Waals surface area (Å²) in [6, 6.07) is 4.64. The first-order valence-electron chi connectivity index (χ1n) is 5.50. The van der Waals surface area contributed by atoms with E-state index in [1.54, 1.807) is 12.1 Å². The molecular formula is C12H17FN2. The Labute approximate surface area is 89.7 Å². The van der Waals surface area contributed by atoms with Crippen molar-refractivity contribution in [1.82, 2.24) is 5.32 Å². The molecule has 0 saturated carbocycles. The van der Waals surface area contributed by atoms with Crippen LogP contribution in [0.25, 0.3) is 0 Å². The van der Waals surface area contributed by atoms with Crippen LogP contribution < -0.4 is 11.1 Å². The minimum absolute atomic E-state index is 0.187. The quantitative estimate of drug-likeness (QED) is 0.729. The Kier molecular flexibility index (Phi) is 3.21. The number of nitrogens with one attached hydrogen (secondary N) is 1. The molecule has 15 heavy (non-hydrogen) atoms. The maximum absolute atomic E-state index is 13.0. The van der Waals surface area contributed by atoms with Crippen LogP contribution in [-0.2, 0) is 6.42 Å². The lowest BCUT2D eigenvalue weighted by Gasteiger charge is -2.23. The summed E-state index contributed by atoms with van der Waals surface area (Å²) in [5, 5.41) is 3.32. The van der Waals surface area contributed by atoms with E-state index < -0.39 is 0 Å². The lowest BCUT2D eigenvalue weighted by molar-refractivity contribution is 0.372. The molecule has 0 amide bonds. The van der Waals surface area contributed by atoms with Crippen LogP contribution >= 0.6 is 0 Å². The molecule has 0 aromatic heterocycles. The van der Waals surface area contributed by atoms with E-state index in [2.05, 4.69) is 5.32 Å². The van der Waals surface area contributed by atoms with Gasteiger partial charge in [-0.2, -0.15) is 0 Å². The van der Waals surface area contributed by atoms with Crippen molar-refractivity contribution < 1.29 is 4.39 Å². The monoisotopic (exact) mass is 208 g/mol. The topological polar surface area (TPSA) is 38.0 Å². The van der Waals surface area contributed by atoms with Gasteiger partial charge in [-0.3, -0.25) is 0 Å². The summed E-state index contributed by atoms with van der Waals surface area (Å²) in [5.74, 6) is 0.462. The van der Waals surface area contributed by atoms with E-state index in [1.165, 1.54) is 6.07 Å². The van der Waals surface area contributed by atoms with Crippen LogP contribution in [0.15, 0.2) is 18.2 Å². The number of hydrogen-bond acceptors (Lipinski definition) is 2. The van der Waals surface area contributed by atoms with Gasteiger partial charge in [0, 0.05) is 5.69 Å². The fourth-order valence-electron chi connectivity index (χ4n) is 2.15. The largest absolute Gasteiger partial charge is 0.399 e. The number of hydrogen-bond donors (Lipinski definition) is 2. The van der Waals surface area contributed by atoms with Gasteiger partial charge in [0.1, 0.15) is 5.82 Å². The summed E-state index contributed by atoms with van der Waals surface area (Å²) in [6.45, 7) is 2.14. The fourth-order valence-corrected chi connectivity index (χ4v) is 2.15. The molecule has 3 heteroatoms. The lowest BCUT2D eigenvalue weighted by Crippen LogP contribution is -2.28. The Morgan fingerprint density at radius 2 is 2.07 bits per heavy atom. The van der Waals surface area contributed by atoms with Gasteiger partial charge in [0.25, 0.3) is 0 Å². The second-order valence-electron chi connectivity index (χ2n) is 4.24. The third-order valence-electron chi connectivity index (χ3n) is 3.07. The zero-order valence-electron chi connectivity index (χ0n) is 8.80. The summed E-state index contributed by atoms with van der Waals surface area (Å²) in [6.07, 6.45) is 3.23. The highest BCUT2D eigenvalue weighted by Crippen LogP contribution is 2.22. The molecule has 0 unspecified atom stereocenters. The molecule has 3 N–H and O–H groups in total. The van der Waals surface area contributed by atoms with Crippen molar-refractivity contribution in [2.45, 2.75) is 19.3 Å². The zero-order valence-corrected chi connectivity index (χ0v) is 8.80. The van der Waals surface area contributed by atoms with Gasteiger partial charge in [-0.05, 0) is 62.0 Å². The highest BCUT2D eigenvalue weighted by atomic mass is 19.1. The maximum Gasteiger partial charge on any atom is 0.123 e. The van der Waals surface area contributed by atoms with Crippen molar-refractivity contribution in [3.63, 3.8) is 0 Å². The molecular weight excluding hydrogens is 191 g/mol. The molecule has 1 aliphatic heterocycles. The lowest BCUT2D eigenvalue weighted by atomic mass is 9.90. The van der Waals surface area contributed by atoms with E-state index >= 15 is 0 Å². The molecule has 1 aromatic rings. The second-order valence-corrected chi connectivity index (χ2v) is 4.24. The first-order chi connectivity index (χ1) is 7.25. The Balaban J connectivity index is 2.05. The predicted octanol–water partition coefficient (Wildman–Crippen LogP) is 1.95. The van der Waals surface area contributed by atoms with E-state index in [0.717, 1.165) is 43.6 Å². The number of piperidine rings is 1. The highest BCUT2D eigenvalue weighted by molar-refractivity contribution is 5.46. The van der Waals surface area contributed by atoms with E-state index in [1.807, 2.05) is 0 Å². The molecule has 1 aliphatic rings. The van der Waals surface area contributed by atoms with E-state index in [-0.39, 0.29) is 5.82 Å². The first kappa shape index (κ1) is 10.4. The molecule has 1 saturated heterocycles. The molecule has 0 bridgehead atoms. The second kappa shape index (κ2) is 4.62. The molecule has 1 fully saturated rings. The number of anilines is 1. The summed E-state index contributed by atoms with van der Waals surface area (Å²) in [5.41, 5.74) is 7.50. The van der Waals surface area contributed by atoms with E-state index in [9.17, 15) is 4.39 Å². The number of benzene rings is 1. The van der Waals surface area contributed by atoms with Crippen LogP contribution in [0.4, 0.5) is 10.1 Å². The van der Waals surface area contributed by atoms with Crippen molar-refractivity contribution in [3.8, 4) is 0 Å². The molecule has 2 rings (SSSR count). The molecule has 82 valence electrons. The number of halogens is 1. The summed E-state index contributed by atoms with van der Waals surface area (Å²) < 4.78 is 13.0. The van der Waals surface area contributed by atoms with Gasteiger partial charge in [-0.1, -0.05) is 0 Å². The fraction of sp³-hybridized carbons (Fsp3) is 0.500. The van der Waals surface area contributed by atoms with Crippen molar-refractivity contribution >= 4 is 5.69 Å². The van der Waals surface area contributed by atoms with Crippen LogP contribution in [0.1, 0.15) is 18.4 Å². The molecule has 0 spiro atoms. The van der Waals surface area contributed by atoms with Crippen LogP contribution in [0.2, 0.25) is 0 Å². The number of rotatable bonds is 2. The Morgan fingerprint density at radius 1 is 1.33 bits per heavy atom. The average Bonchev–Trinajstić information content (AvgIpc) is 2.25. The van der Waals surface area contributed by atoms with E-state index in [4.69, 9.17) is 5.73 Å². The van der Waals surface area contributed by atoms with Crippen molar-refractivity contribution in [2.24, 2.45) is 5.92 Å². The van der Waals surface area contributed by atoms with Crippen molar-refractivity contribution in [3.05, 3.63) is 29.6 Å². The molecule has 1 aromatic carbocycles. The van der Waals surface area contributed by atoms with Crippen LogP contribution in [-0.4, -0.2) is 13.1 Å². The SMILES string of the molecule is Nc1ccc(F)cc1CC1CCNCC1. The Morgan fingerprint density at radius 3 is 2.80 bits per heavy atom. The molecule has 1 heterocycles. The first-order valence-corrected chi connectivity index (χ1v) is 5.50. The van der Waals surface area contributed by atoms with Gasteiger partial charge in [0.15, 0.2) is 0 Å². The normalized spacial score (nSPS) is 17.9. The van der Waals surface area contributed by atoms with Gasteiger partial charge in [-0.25, -0.2) is 4.39 Å².